The molecule has 0 aliphatic carbocycles. The van der Waals surface area contributed by atoms with Gasteiger partial charge in [-0.15, -0.1) is 11.3 Å². The Labute approximate surface area is 326 Å². The summed E-state index contributed by atoms with van der Waals surface area (Å²) in [5.74, 6) is 0. The van der Waals surface area contributed by atoms with E-state index >= 15 is 0 Å². The number of hydrogen-bond donors (Lipinski definition) is 0. The molecule has 4 heteroatoms. The molecule has 7 aromatic carbocycles. The van der Waals surface area contributed by atoms with Gasteiger partial charge in [0, 0.05) is 31.1 Å². The molecule has 0 saturated heterocycles. The molecule has 0 aliphatic heterocycles. The molecule has 0 radical (unpaired) electrons. The fraction of sp³-hybridized carbons (Fsp3) is 0. The number of rotatable bonds is 5. The Hall–Kier alpha value is -6.36. The molecule has 3 heterocycles. The first-order valence-electron chi connectivity index (χ1n) is 26.8. The summed E-state index contributed by atoms with van der Waals surface area (Å²) in [5.41, 5.74) is -4.33. The number of benzene rings is 7. The molecule has 0 saturated carbocycles. The lowest BCUT2D eigenvalue weighted by atomic mass is 9.96. The van der Waals surface area contributed by atoms with Gasteiger partial charge in [-0.25, -0.2) is 9.97 Å². The van der Waals surface area contributed by atoms with E-state index in [1.165, 1.54) is 18.2 Å². The maximum atomic E-state index is 9.57. The van der Waals surface area contributed by atoms with Crippen LogP contribution in [0.25, 0.3) is 98.0 Å². The maximum absolute atomic E-state index is 9.57. The van der Waals surface area contributed by atoms with Crippen molar-refractivity contribution in [2.24, 2.45) is 0 Å². The van der Waals surface area contributed by atoms with Crippen molar-refractivity contribution in [1.29, 1.82) is 0 Å². The van der Waals surface area contributed by atoms with Crippen LogP contribution in [0.3, 0.4) is 0 Å². The zero-order valence-corrected chi connectivity index (χ0v) is 25.8. The second-order valence-electron chi connectivity index (χ2n) is 10.7. The van der Waals surface area contributed by atoms with E-state index < -0.39 is 184 Å². The van der Waals surface area contributed by atoms with E-state index in [9.17, 15) is 2.74 Å². The number of thiophene rings is 1. The number of aromatic nitrogens is 2. The topological polar surface area (TPSA) is 38.9 Å². The third kappa shape index (κ3) is 4.80. The van der Waals surface area contributed by atoms with Crippen molar-refractivity contribution in [2.75, 3.05) is 0 Å². The molecular weight excluding hydrogens is 629 g/mol. The monoisotopic (exact) mass is 680 g/mol. The molecule has 3 aromatic heterocycles. The summed E-state index contributed by atoms with van der Waals surface area (Å²) < 4.78 is 216. The van der Waals surface area contributed by atoms with Crippen LogP contribution < -0.4 is 0 Å². The average Bonchev–Trinajstić information content (AvgIpc) is 3.96. The lowest BCUT2D eigenvalue weighted by Gasteiger charge is -2.09. The van der Waals surface area contributed by atoms with Gasteiger partial charge in [0.2, 0.25) is 0 Å². The summed E-state index contributed by atoms with van der Waals surface area (Å²) in [6, 6.07) is -13.0. The summed E-state index contributed by atoms with van der Waals surface area (Å²) in [7, 11) is 0. The number of hydrogen-bond acceptors (Lipinski definition) is 4. The molecule has 0 atom stereocenters. The maximum Gasteiger partial charge on any atom is 0.180 e. The zero-order valence-electron chi connectivity index (χ0n) is 49.0. The van der Waals surface area contributed by atoms with Crippen molar-refractivity contribution >= 4 is 53.6 Å². The molecule has 0 fully saturated rings. The Morgan fingerprint density at radius 2 is 1.14 bits per heavy atom. The summed E-state index contributed by atoms with van der Waals surface area (Å²) in [6.07, 6.45) is 1.03. The Morgan fingerprint density at radius 3 is 1.98 bits per heavy atom. The number of fused-ring (bicyclic) bond motifs is 6. The Bertz CT molecular complexity index is 4210. The lowest BCUT2D eigenvalue weighted by Crippen LogP contribution is -1.88. The molecule has 0 N–H and O–H groups in total. The van der Waals surface area contributed by atoms with E-state index in [2.05, 4.69) is 9.97 Å². The van der Waals surface area contributed by atoms with Gasteiger partial charge < -0.3 is 4.42 Å². The lowest BCUT2D eigenvalue weighted by molar-refractivity contribution is 0.667. The summed E-state index contributed by atoms with van der Waals surface area (Å²) in [5, 5.41) is -0.156. The van der Waals surface area contributed by atoms with Gasteiger partial charge in [0.15, 0.2) is 5.58 Å². The minimum Gasteiger partial charge on any atom is -0.452 e. The molecule has 0 aliphatic rings. The van der Waals surface area contributed by atoms with Crippen molar-refractivity contribution in [2.45, 2.75) is 0 Å². The average molecular weight is 681 g/mol. The normalized spacial score (nSPS) is 18.3. The van der Waals surface area contributed by atoms with Gasteiger partial charge in [-0.2, -0.15) is 0 Å². The molecule has 234 valence electrons. The highest BCUT2D eigenvalue weighted by molar-refractivity contribution is 7.26. The van der Waals surface area contributed by atoms with Crippen LogP contribution in [-0.2, 0) is 0 Å². The van der Waals surface area contributed by atoms with E-state index in [0.29, 0.717) is 11.3 Å². The highest BCUT2D eigenvalue weighted by atomic mass is 32.1. The van der Waals surface area contributed by atoms with Gasteiger partial charge in [0.05, 0.1) is 32.9 Å². The first kappa shape index (κ1) is 13.5. The van der Waals surface area contributed by atoms with Crippen LogP contribution in [0.1, 0.15) is 32.9 Å². The van der Waals surface area contributed by atoms with Crippen LogP contribution >= 0.6 is 11.3 Å². The van der Waals surface area contributed by atoms with Gasteiger partial charge >= 0.3 is 0 Å². The highest BCUT2D eigenvalue weighted by Gasteiger charge is 2.17. The minimum absolute atomic E-state index is 0.0115. The van der Waals surface area contributed by atoms with E-state index in [4.69, 9.17) is 34.6 Å². The van der Waals surface area contributed by atoms with Crippen LogP contribution in [0, 0.1) is 0 Å². The predicted molar refractivity (Wildman–Crippen MR) is 209 cm³/mol. The standard InChI is InChI=1S/C46H28N2OS/c1-2-9-29(10-3-1)30-19-21-31(22-20-30)34-23-24-41-40(27-34)44-45(49-41)43(47-28-48-44)36-14-7-12-33(26-36)32-11-6-13-35(25-32)37-16-8-17-39-38-15-4-5-18-42(38)50-46(37)39/h1-28H/i1D,2D,3D,4D,5D,6D,7D,8D,9D,10D,11D,12D,13D,14D,15D,16D,17D,18D,19D,20D,21D,22D,25D,26D. The van der Waals surface area contributed by atoms with Crippen molar-refractivity contribution in [1.82, 2.24) is 9.97 Å². The fourth-order valence-corrected chi connectivity index (χ4v) is 6.62. The molecule has 0 spiro atoms. The summed E-state index contributed by atoms with van der Waals surface area (Å²) in [4.78, 5) is 8.66. The largest absolute Gasteiger partial charge is 0.452 e. The van der Waals surface area contributed by atoms with Crippen molar-refractivity contribution in [3.05, 3.63) is 170 Å². The van der Waals surface area contributed by atoms with Crippen molar-refractivity contribution < 1.29 is 37.3 Å². The van der Waals surface area contributed by atoms with E-state index in [1.807, 2.05) is 0 Å². The molecule has 10 rings (SSSR count). The molecule has 10 aromatic rings. The third-order valence-corrected chi connectivity index (χ3v) is 8.96. The highest BCUT2D eigenvalue weighted by Crippen LogP contribution is 2.41. The van der Waals surface area contributed by atoms with Gasteiger partial charge in [-0.1, -0.05) is 133 Å². The Balaban J connectivity index is 1.19. The van der Waals surface area contributed by atoms with E-state index in [-0.39, 0.29) is 59.1 Å². The first-order valence-corrected chi connectivity index (χ1v) is 15.6. The van der Waals surface area contributed by atoms with Gasteiger partial charge in [-0.3, -0.25) is 0 Å². The van der Waals surface area contributed by atoms with Crippen molar-refractivity contribution in [3.8, 4) is 55.8 Å². The fourth-order valence-electron chi connectivity index (χ4n) is 5.55. The number of nitrogens with zero attached hydrogens (tertiary/aromatic N) is 2. The zero-order chi connectivity index (χ0) is 53.9. The number of furan rings is 1. The van der Waals surface area contributed by atoms with Gasteiger partial charge in [0.1, 0.15) is 23.1 Å². The smallest absolute Gasteiger partial charge is 0.180 e. The quantitative estimate of drug-likeness (QED) is 0.182. The third-order valence-electron chi connectivity index (χ3n) is 7.84. The summed E-state index contributed by atoms with van der Waals surface area (Å²) >= 11 is 0.703. The van der Waals surface area contributed by atoms with Crippen LogP contribution in [0.2, 0.25) is 0 Å². The first-order chi connectivity index (χ1) is 34.8. The second kappa shape index (κ2) is 11.7. The van der Waals surface area contributed by atoms with Crippen LogP contribution in [0.15, 0.2) is 174 Å². The minimum atomic E-state index is -0.879. The van der Waals surface area contributed by atoms with Crippen LogP contribution in [0.4, 0.5) is 0 Å². The van der Waals surface area contributed by atoms with E-state index in [0.717, 1.165) is 6.33 Å². The molecule has 50 heavy (non-hydrogen) atoms. The predicted octanol–water partition coefficient (Wildman–Crippen LogP) is 13.1. The Morgan fingerprint density at radius 1 is 0.500 bits per heavy atom. The summed E-state index contributed by atoms with van der Waals surface area (Å²) in [6.45, 7) is 0. The van der Waals surface area contributed by atoms with Crippen LogP contribution in [0.5, 0.6) is 0 Å². The second-order valence-corrected chi connectivity index (χ2v) is 11.7. The Kier molecular flexibility index (Phi) is 3.15. The SMILES string of the molecule is [2H]c1c([2H])c([2H])c(-c2c([2H])c([2H])c(-c3ccc4oc5c(-c6c([2H])c([2H])c([2H])c(-c7c([2H])c([2H])c([2H])c(-c8c([2H])c([2H])c([2H])c9c8sc8c([2H])c([2H])c([2H])c([2H])c89)c7[2H])c6[2H])ncnc5c4c3)c([2H])c2[2H])c([2H])c1[2H]. The van der Waals surface area contributed by atoms with Gasteiger partial charge in [-0.05, 0) is 74.8 Å². The molecule has 0 unspecified atom stereocenters. The van der Waals surface area contributed by atoms with Gasteiger partial charge in [0.25, 0.3) is 0 Å². The van der Waals surface area contributed by atoms with Crippen LogP contribution in [-0.4, -0.2) is 9.97 Å². The van der Waals surface area contributed by atoms with E-state index in [1.54, 1.807) is 0 Å². The molecule has 0 amide bonds. The van der Waals surface area contributed by atoms with Crippen molar-refractivity contribution in [3.63, 3.8) is 0 Å². The molecule has 0 bridgehead atoms. The molecule has 3 nitrogen and oxygen atoms in total. The molecular formula is C46H28N2OS.